The van der Waals surface area contributed by atoms with E-state index >= 15 is 0 Å². The number of para-hydroxylation sites is 1. The lowest BCUT2D eigenvalue weighted by molar-refractivity contribution is 0.0602. The lowest BCUT2D eigenvalue weighted by atomic mass is 10.2. The summed E-state index contributed by atoms with van der Waals surface area (Å²) < 4.78 is 23.2. The lowest BCUT2D eigenvalue weighted by Crippen LogP contribution is -2.15. The molecule has 0 fully saturated rings. The quantitative estimate of drug-likeness (QED) is 0.733. The van der Waals surface area contributed by atoms with Gasteiger partial charge in [0.15, 0.2) is 0 Å². The summed E-state index contributed by atoms with van der Waals surface area (Å²) in [6.07, 6.45) is 0. The highest BCUT2D eigenvalue weighted by molar-refractivity contribution is 6.05. The first-order chi connectivity index (χ1) is 12.1. The van der Waals surface area contributed by atoms with Gasteiger partial charge in [-0.25, -0.2) is 9.18 Å². The van der Waals surface area contributed by atoms with E-state index in [4.69, 9.17) is 4.42 Å². The maximum atomic E-state index is 13.2. The molecule has 1 amide bonds. The zero-order chi connectivity index (χ0) is 17.8. The second-order valence-electron chi connectivity index (χ2n) is 4.91. The number of methoxy groups -OCH3 is 1. The van der Waals surface area contributed by atoms with Crippen molar-refractivity contribution >= 4 is 17.6 Å². The molecule has 2 aromatic carbocycles. The Labute approximate surface area is 141 Å². The topological polar surface area (TPSA) is 94.3 Å². The van der Waals surface area contributed by atoms with Crippen LogP contribution in [0.25, 0.3) is 11.5 Å². The van der Waals surface area contributed by atoms with Crippen LogP contribution in [0.4, 0.5) is 10.1 Å². The number of carbonyl (C=O) groups is 2. The standard InChI is InChI=1S/C17H12FN3O4/c1-24-17(23)12-7-2-3-8-13(12)19-14(22)16-21-20-15(25-16)10-5-4-6-11(18)9-10/h2-9H,1H3,(H,19,22). The Hall–Kier alpha value is -3.55. The molecular formula is C17H12FN3O4. The SMILES string of the molecule is COC(=O)c1ccccc1NC(=O)c1nnc(-c2cccc(F)c2)o1. The van der Waals surface area contributed by atoms with E-state index in [1.54, 1.807) is 18.2 Å². The summed E-state index contributed by atoms with van der Waals surface area (Å²) in [5.74, 6) is -2.08. The van der Waals surface area contributed by atoms with Gasteiger partial charge in [-0.15, -0.1) is 10.2 Å². The van der Waals surface area contributed by atoms with E-state index in [1.807, 2.05) is 0 Å². The van der Waals surface area contributed by atoms with Crippen LogP contribution in [0.3, 0.4) is 0 Å². The number of halogens is 1. The second-order valence-corrected chi connectivity index (χ2v) is 4.91. The van der Waals surface area contributed by atoms with Gasteiger partial charge in [0.25, 0.3) is 0 Å². The van der Waals surface area contributed by atoms with E-state index in [2.05, 4.69) is 20.3 Å². The van der Waals surface area contributed by atoms with Gasteiger partial charge < -0.3 is 14.5 Å². The van der Waals surface area contributed by atoms with Gasteiger partial charge in [-0.05, 0) is 30.3 Å². The molecule has 0 saturated heterocycles. The van der Waals surface area contributed by atoms with Crippen molar-refractivity contribution in [2.75, 3.05) is 12.4 Å². The molecule has 7 nitrogen and oxygen atoms in total. The molecule has 126 valence electrons. The summed E-state index contributed by atoms with van der Waals surface area (Å²) in [4.78, 5) is 24.0. The number of benzene rings is 2. The minimum atomic E-state index is -0.702. The number of rotatable bonds is 4. The second kappa shape index (κ2) is 6.91. The molecular weight excluding hydrogens is 329 g/mol. The average Bonchev–Trinajstić information content (AvgIpc) is 3.12. The lowest BCUT2D eigenvalue weighted by Gasteiger charge is -2.07. The summed E-state index contributed by atoms with van der Waals surface area (Å²) >= 11 is 0. The Kier molecular flexibility index (Phi) is 4.51. The van der Waals surface area contributed by atoms with E-state index in [1.165, 1.54) is 37.4 Å². The first kappa shape index (κ1) is 16.3. The van der Waals surface area contributed by atoms with Crippen LogP contribution in [0.1, 0.15) is 21.0 Å². The first-order valence-electron chi connectivity index (χ1n) is 7.16. The van der Waals surface area contributed by atoms with Crippen molar-refractivity contribution in [3.63, 3.8) is 0 Å². The largest absolute Gasteiger partial charge is 0.465 e. The summed E-state index contributed by atoms with van der Waals surface area (Å²) in [6.45, 7) is 0. The van der Waals surface area contributed by atoms with Gasteiger partial charge in [0.1, 0.15) is 5.82 Å². The Morgan fingerprint density at radius 2 is 1.92 bits per heavy atom. The van der Waals surface area contributed by atoms with E-state index < -0.39 is 17.7 Å². The molecule has 8 heteroatoms. The number of esters is 1. The fraction of sp³-hybridized carbons (Fsp3) is 0.0588. The van der Waals surface area contributed by atoms with Gasteiger partial charge in [0, 0.05) is 5.56 Å². The van der Waals surface area contributed by atoms with Gasteiger partial charge in [-0.1, -0.05) is 18.2 Å². The van der Waals surface area contributed by atoms with Crippen LogP contribution in [0.5, 0.6) is 0 Å². The Balaban J connectivity index is 1.83. The summed E-state index contributed by atoms with van der Waals surface area (Å²) in [6, 6.07) is 11.9. The van der Waals surface area contributed by atoms with Crippen molar-refractivity contribution in [3.05, 3.63) is 65.8 Å². The number of aromatic nitrogens is 2. The highest BCUT2D eigenvalue weighted by Gasteiger charge is 2.19. The smallest absolute Gasteiger partial charge is 0.339 e. The molecule has 0 unspecified atom stereocenters. The van der Waals surface area contributed by atoms with Crippen molar-refractivity contribution in [2.45, 2.75) is 0 Å². The minimum Gasteiger partial charge on any atom is -0.465 e. The van der Waals surface area contributed by atoms with Gasteiger partial charge in [0.05, 0.1) is 18.4 Å². The predicted molar refractivity (Wildman–Crippen MR) is 85.4 cm³/mol. The molecule has 0 atom stereocenters. The Morgan fingerprint density at radius 3 is 2.68 bits per heavy atom. The molecule has 0 aliphatic carbocycles. The number of hydrogen-bond donors (Lipinski definition) is 1. The van der Waals surface area contributed by atoms with Crippen LogP contribution < -0.4 is 5.32 Å². The number of hydrogen-bond acceptors (Lipinski definition) is 6. The molecule has 3 aromatic rings. The maximum absolute atomic E-state index is 13.2. The monoisotopic (exact) mass is 341 g/mol. The molecule has 0 bridgehead atoms. The summed E-state index contributed by atoms with van der Waals surface area (Å²) in [5.41, 5.74) is 0.773. The molecule has 25 heavy (non-hydrogen) atoms. The molecule has 0 spiro atoms. The molecule has 0 aliphatic heterocycles. The van der Waals surface area contributed by atoms with Gasteiger partial charge in [-0.3, -0.25) is 4.79 Å². The predicted octanol–water partition coefficient (Wildman–Crippen LogP) is 2.91. The molecule has 0 radical (unpaired) electrons. The first-order valence-corrected chi connectivity index (χ1v) is 7.16. The third-order valence-corrected chi connectivity index (χ3v) is 3.27. The van der Waals surface area contributed by atoms with E-state index in [9.17, 15) is 14.0 Å². The van der Waals surface area contributed by atoms with Crippen molar-refractivity contribution in [1.82, 2.24) is 10.2 Å². The molecule has 3 rings (SSSR count). The van der Waals surface area contributed by atoms with Crippen molar-refractivity contribution in [3.8, 4) is 11.5 Å². The van der Waals surface area contributed by atoms with Crippen LogP contribution in [0.15, 0.2) is 52.9 Å². The molecule has 0 aliphatic rings. The van der Waals surface area contributed by atoms with E-state index in [-0.39, 0.29) is 23.0 Å². The number of ether oxygens (including phenoxy) is 1. The third-order valence-electron chi connectivity index (χ3n) is 3.27. The van der Waals surface area contributed by atoms with Crippen LogP contribution >= 0.6 is 0 Å². The van der Waals surface area contributed by atoms with Crippen molar-refractivity contribution < 1.29 is 23.1 Å². The Morgan fingerprint density at radius 1 is 1.12 bits per heavy atom. The molecule has 1 N–H and O–H groups in total. The van der Waals surface area contributed by atoms with Crippen molar-refractivity contribution in [1.29, 1.82) is 0 Å². The number of nitrogens with one attached hydrogen (secondary N) is 1. The highest BCUT2D eigenvalue weighted by Crippen LogP contribution is 2.20. The summed E-state index contributed by atoms with van der Waals surface area (Å²) in [7, 11) is 1.24. The number of nitrogens with zero attached hydrogens (tertiary/aromatic N) is 2. The summed E-state index contributed by atoms with van der Waals surface area (Å²) in [5, 5.41) is 9.88. The van der Waals surface area contributed by atoms with Gasteiger partial charge in [0.2, 0.25) is 5.89 Å². The molecule has 1 heterocycles. The molecule has 0 saturated carbocycles. The van der Waals surface area contributed by atoms with Crippen LogP contribution in [-0.4, -0.2) is 29.2 Å². The zero-order valence-electron chi connectivity index (χ0n) is 13.0. The van der Waals surface area contributed by atoms with Gasteiger partial charge in [-0.2, -0.15) is 0 Å². The zero-order valence-corrected chi connectivity index (χ0v) is 13.0. The Bertz CT molecular complexity index is 939. The average molecular weight is 341 g/mol. The normalized spacial score (nSPS) is 10.3. The fourth-order valence-corrected chi connectivity index (χ4v) is 2.11. The van der Waals surface area contributed by atoms with Crippen molar-refractivity contribution in [2.24, 2.45) is 0 Å². The van der Waals surface area contributed by atoms with Crippen LogP contribution in [0, 0.1) is 5.82 Å². The fourth-order valence-electron chi connectivity index (χ4n) is 2.11. The minimum absolute atomic E-state index is 0.00547. The van der Waals surface area contributed by atoms with Gasteiger partial charge >= 0.3 is 17.8 Å². The van der Waals surface area contributed by atoms with Crippen LogP contribution in [0.2, 0.25) is 0 Å². The number of amides is 1. The number of carbonyl (C=O) groups excluding carboxylic acids is 2. The highest BCUT2D eigenvalue weighted by atomic mass is 19.1. The van der Waals surface area contributed by atoms with Crippen LogP contribution in [-0.2, 0) is 4.74 Å². The number of anilines is 1. The van der Waals surface area contributed by atoms with E-state index in [0.717, 1.165) is 0 Å². The maximum Gasteiger partial charge on any atom is 0.339 e. The van der Waals surface area contributed by atoms with E-state index in [0.29, 0.717) is 5.56 Å². The third kappa shape index (κ3) is 3.52. The molecule has 1 aromatic heterocycles.